The summed E-state index contributed by atoms with van der Waals surface area (Å²) >= 11 is 0. The Balaban J connectivity index is 3.60. The topological polar surface area (TPSA) is 69.6 Å². The molecule has 0 aliphatic heterocycles. The van der Waals surface area contributed by atoms with Crippen LogP contribution in [-0.2, 0) is 4.79 Å². The van der Waals surface area contributed by atoms with E-state index in [9.17, 15) is 15.0 Å². The molecule has 4 nitrogen and oxygen atoms in total. The Morgan fingerprint density at radius 1 is 0.575 bits per heavy atom. The Morgan fingerprint density at radius 3 is 1.30 bits per heavy atom. The highest BCUT2D eigenvalue weighted by Crippen LogP contribution is 2.14. The van der Waals surface area contributed by atoms with Gasteiger partial charge >= 0.3 is 0 Å². The van der Waals surface area contributed by atoms with Gasteiger partial charge in [-0.3, -0.25) is 4.79 Å². The van der Waals surface area contributed by atoms with Crippen LogP contribution >= 0.6 is 0 Å². The third kappa shape index (κ3) is 28.7. The van der Waals surface area contributed by atoms with Crippen molar-refractivity contribution in [2.45, 2.75) is 206 Å². The fourth-order valence-corrected chi connectivity index (χ4v) is 5.47. The molecule has 0 aliphatic rings. The van der Waals surface area contributed by atoms with Crippen molar-refractivity contribution in [1.82, 2.24) is 5.32 Å². The van der Waals surface area contributed by atoms with Crippen molar-refractivity contribution in [2.75, 3.05) is 6.61 Å². The molecule has 0 fully saturated rings. The minimum Gasteiger partial charge on any atom is -0.394 e. The minimum atomic E-state index is -0.831. The van der Waals surface area contributed by atoms with Gasteiger partial charge in [0.1, 0.15) is 0 Å². The maximum Gasteiger partial charge on any atom is 0.220 e. The van der Waals surface area contributed by atoms with E-state index in [0.29, 0.717) is 6.42 Å². The van der Waals surface area contributed by atoms with Gasteiger partial charge in [-0.1, -0.05) is 180 Å². The fourth-order valence-electron chi connectivity index (χ4n) is 5.47. The standard InChI is InChI=1S/C36H71NO3/c1-3-5-7-9-11-13-15-17-18-20-22-24-26-28-30-32-36(40)37-34(33-38)35(39)31-29-27-25-23-21-19-16-14-12-10-8-6-4-2/h29,31,34-35,38-39H,3-28,30,32-33H2,1-2H3,(H,37,40)/t34-,35+/m1/s1. The molecule has 1 amide bonds. The fraction of sp³-hybridized carbons (Fsp3) is 0.917. The summed E-state index contributed by atoms with van der Waals surface area (Å²) in [6, 6.07) is -0.614. The van der Waals surface area contributed by atoms with Gasteiger partial charge in [-0.15, -0.1) is 0 Å². The number of hydrogen-bond acceptors (Lipinski definition) is 3. The molecule has 0 heterocycles. The van der Waals surface area contributed by atoms with Crippen molar-refractivity contribution in [1.29, 1.82) is 0 Å². The summed E-state index contributed by atoms with van der Waals surface area (Å²) in [7, 11) is 0. The first-order valence-electron chi connectivity index (χ1n) is 17.9. The average molecular weight is 566 g/mol. The third-order valence-corrected chi connectivity index (χ3v) is 8.27. The summed E-state index contributed by atoms with van der Waals surface area (Å²) in [6.45, 7) is 4.30. The van der Waals surface area contributed by atoms with E-state index in [-0.39, 0.29) is 12.5 Å². The van der Waals surface area contributed by atoms with Crippen molar-refractivity contribution in [3.63, 3.8) is 0 Å². The summed E-state index contributed by atoms with van der Waals surface area (Å²) in [5.74, 6) is -0.0634. The lowest BCUT2D eigenvalue weighted by Crippen LogP contribution is -2.45. The van der Waals surface area contributed by atoms with Crippen LogP contribution in [0.25, 0.3) is 0 Å². The predicted molar refractivity (Wildman–Crippen MR) is 175 cm³/mol. The van der Waals surface area contributed by atoms with E-state index in [2.05, 4.69) is 19.2 Å². The van der Waals surface area contributed by atoms with Crippen LogP contribution in [0.3, 0.4) is 0 Å². The van der Waals surface area contributed by atoms with E-state index in [1.54, 1.807) is 6.08 Å². The zero-order chi connectivity index (χ0) is 29.4. The molecule has 3 N–H and O–H groups in total. The molecule has 0 rings (SSSR count). The number of nitrogens with one attached hydrogen (secondary N) is 1. The smallest absolute Gasteiger partial charge is 0.220 e. The molecule has 2 atom stereocenters. The normalized spacial score (nSPS) is 13.2. The molecule has 4 heteroatoms. The Labute approximate surface area is 250 Å². The second kappa shape index (κ2) is 32.6. The van der Waals surface area contributed by atoms with Crippen LogP contribution in [0.2, 0.25) is 0 Å². The second-order valence-corrected chi connectivity index (χ2v) is 12.3. The van der Waals surface area contributed by atoms with Crippen LogP contribution in [0.1, 0.15) is 194 Å². The first-order valence-corrected chi connectivity index (χ1v) is 17.9. The second-order valence-electron chi connectivity index (χ2n) is 12.3. The summed E-state index contributed by atoms with van der Waals surface area (Å²) in [4.78, 5) is 12.3. The Bertz CT molecular complexity index is 536. The van der Waals surface area contributed by atoms with Crippen molar-refractivity contribution in [3.8, 4) is 0 Å². The molecular formula is C36H71NO3. The SMILES string of the molecule is CCCCCCCCCCCCCC=C[C@H](O)[C@@H](CO)NC(=O)CCCCCCCCCCCCCCCCC. The zero-order valence-electron chi connectivity index (χ0n) is 27.1. The molecule has 40 heavy (non-hydrogen) atoms. The molecule has 0 unspecified atom stereocenters. The van der Waals surface area contributed by atoms with Gasteiger partial charge in [0.05, 0.1) is 18.8 Å². The number of allylic oxidation sites excluding steroid dienone is 1. The van der Waals surface area contributed by atoms with E-state index in [4.69, 9.17) is 0 Å². The highest BCUT2D eigenvalue weighted by molar-refractivity contribution is 5.76. The maximum atomic E-state index is 12.3. The number of aliphatic hydroxyl groups excluding tert-OH is 2. The minimum absolute atomic E-state index is 0.0634. The van der Waals surface area contributed by atoms with E-state index >= 15 is 0 Å². The predicted octanol–water partition coefficient (Wildman–Crippen LogP) is 10.3. The summed E-state index contributed by atoms with van der Waals surface area (Å²) in [5.41, 5.74) is 0. The summed E-state index contributed by atoms with van der Waals surface area (Å²) < 4.78 is 0. The lowest BCUT2D eigenvalue weighted by molar-refractivity contribution is -0.123. The highest BCUT2D eigenvalue weighted by Gasteiger charge is 2.17. The van der Waals surface area contributed by atoms with Crippen LogP contribution in [0.5, 0.6) is 0 Å². The lowest BCUT2D eigenvalue weighted by Gasteiger charge is -2.20. The number of amides is 1. The van der Waals surface area contributed by atoms with Gasteiger partial charge in [-0.2, -0.15) is 0 Å². The van der Waals surface area contributed by atoms with Crippen molar-refractivity contribution >= 4 is 5.91 Å². The molecule has 0 saturated carbocycles. The number of hydrogen-bond donors (Lipinski definition) is 3. The quantitative estimate of drug-likeness (QED) is 0.0561. The Hall–Kier alpha value is -0.870. The largest absolute Gasteiger partial charge is 0.394 e. The lowest BCUT2D eigenvalue weighted by atomic mass is 10.0. The first kappa shape index (κ1) is 39.1. The van der Waals surface area contributed by atoms with Crippen molar-refractivity contribution in [3.05, 3.63) is 12.2 Å². The molecule has 0 aliphatic carbocycles. The average Bonchev–Trinajstić information content (AvgIpc) is 2.96. The van der Waals surface area contributed by atoms with Crippen LogP contribution in [-0.4, -0.2) is 34.9 Å². The van der Waals surface area contributed by atoms with Gasteiger partial charge in [0, 0.05) is 6.42 Å². The molecule has 0 saturated heterocycles. The van der Waals surface area contributed by atoms with Crippen molar-refractivity contribution < 1.29 is 15.0 Å². The molecule has 0 radical (unpaired) electrons. The molecule has 0 aromatic heterocycles. The van der Waals surface area contributed by atoms with Gasteiger partial charge < -0.3 is 15.5 Å². The van der Waals surface area contributed by atoms with Crippen LogP contribution < -0.4 is 5.32 Å². The highest BCUT2D eigenvalue weighted by atomic mass is 16.3. The van der Waals surface area contributed by atoms with Crippen LogP contribution in [0, 0.1) is 0 Å². The van der Waals surface area contributed by atoms with Crippen LogP contribution in [0.15, 0.2) is 12.2 Å². The van der Waals surface area contributed by atoms with Gasteiger partial charge in [0.2, 0.25) is 5.91 Å². The Kier molecular flexibility index (Phi) is 31.9. The number of rotatable bonds is 32. The van der Waals surface area contributed by atoms with Gasteiger partial charge in [-0.25, -0.2) is 0 Å². The molecular weight excluding hydrogens is 494 g/mol. The third-order valence-electron chi connectivity index (χ3n) is 8.27. The molecule has 0 aromatic rings. The van der Waals surface area contributed by atoms with Crippen molar-refractivity contribution in [2.24, 2.45) is 0 Å². The number of aliphatic hydroxyl groups is 2. The van der Waals surface area contributed by atoms with Gasteiger partial charge in [0.15, 0.2) is 0 Å². The number of unbranched alkanes of at least 4 members (excludes halogenated alkanes) is 25. The number of carbonyl (C=O) groups excluding carboxylic acids is 1. The number of carbonyl (C=O) groups is 1. The first-order chi connectivity index (χ1) is 19.7. The van der Waals surface area contributed by atoms with Crippen LogP contribution in [0.4, 0.5) is 0 Å². The molecule has 0 bridgehead atoms. The van der Waals surface area contributed by atoms with Gasteiger partial charge in [0.25, 0.3) is 0 Å². The van der Waals surface area contributed by atoms with Gasteiger partial charge in [-0.05, 0) is 19.3 Å². The van der Waals surface area contributed by atoms with E-state index in [1.807, 2.05) is 6.08 Å². The summed E-state index contributed by atoms with van der Waals surface area (Å²) in [6.07, 6.45) is 38.6. The molecule has 0 aromatic carbocycles. The Morgan fingerprint density at radius 2 is 0.925 bits per heavy atom. The zero-order valence-corrected chi connectivity index (χ0v) is 27.1. The van der Waals surface area contributed by atoms with E-state index in [1.165, 1.54) is 148 Å². The molecule has 238 valence electrons. The summed E-state index contributed by atoms with van der Waals surface area (Å²) in [5, 5.41) is 22.8. The van der Waals surface area contributed by atoms with E-state index < -0.39 is 12.1 Å². The van der Waals surface area contributed by atoms with E-state index in [0.717, 1.165) is 25.7 Å². The monoisotopic (exact) mass is 566 g/mol. The molecule has 0 spiro atoms. The maximum absolute atomic E-state index is 12.3.